The van der Waals surface area contributed by atoms with Crippen LogP contribution in [0.2, 0.25) is 0 Å². The number of benzene rings is 1. The molecule has 0 aliphatic carbocycles. The third kappa shape index (κ3) is 3.79. The first kappa shape index (κ1) is 16.1. The van der Waals surface area contributed by atoms with Gasteiger partial charge in [-0.3, -0.25) is 14.9 Å². The van der Waals surface area contributed by atoms with Crippen molar-refractivity contribution < 1.29 is 14.8 Å². The van der Waals surface area contributed by atoms with E-state index in [1.54, 1.807) is 12.1 Å². The number of unbranched alkanes of at least 4 members (excludes halogenated alkanes) is 1. The summed E-state index contributed by atoms with van der Waals surface area (Å²) in [5, 5.41) is 20.3. The molecule has 5 heteroatoms. The maximum atomic E-state index is 11.6. The van der Waals surface area contributed by atoms with E-state index in [2.05, 4.69) is 0 Å². The third-order valence-corrected chi connectivity index (χ3v) is 3.80. The van der Waals surface area contributed by atoms with Gasteiger partial charge in [-0.2, -0.15) is 0 Å². The number of non-ortho nitro benzene ring substituents is 1. The van der Waals surface area contributed by atoms with E-state index in [4.69, 9.17) is 0 Å². The number of hydrogen-bond donors (Lipinski definition) is 1. The first-order chi connectivity index (χ1) is 9.45. The lowest BCUT2D eigenvalue weighted by atomic mass is 9.75. The van der Waals surface area contributed by atoms with Crippen LogP contribution >= 0.6 is 0 Å². The van der Waals surface area contributed by atoms with Gasteiger partial charge >= 0.3 is 5.97 Å². The molecule has 0 aromatic heterocycles. The fourth-order valence-electron chi connectivity index (χ4n) is 2.41. The summed E-state index contributed by atoms with van der Waals surface area (Å²) in [5.41, 5.74) is -0.112. The van der Waals surface area contributed by atoms with Crippen molar-refractivity contribution in [2.75, 3.05) is 0 Å². The minimum atomic E-state index is -0.828. The summed E-state index contributed by atoms with van der Waals surface area (Å²) in [7, 11) is 0. The van der Waals surface area contributed by atoms with Gasteiger partial charge in [0.1, 0.15) is 0 Å². The van der Waals surface area contributed by atoms with E-state index in [-0.39, 0.29) is 5.69 Å². The Morgan fingerprint density at radius 3 is 2.60 bits per heavy atom. The zero-order valence-corrected chi connectivity index (χ0v) is 12.0. The van der Waals surface area contributed by atoms with Crippen LogP contribution in [0.25, 0.3) is 0 Å². The van der Waals surface area contributed by atoms with Crippen LogP contribution in [0.5, 0.6) is 0 Å². The average molecular weight is 279 g/mol. The molecule has 0 amide bonds. The topological polar surface area (TPSA) is 80.4 Å². The maximum Gasteiger partial charge on any atom is 0.309 e. The van der Waals surface area contributed by atoms with Gasteiger partial charge in [0, 0.05) is 12.1 Å². The smallest absolute Gasteiger partial charge is 0.309 e. The predicted octanol–water partition coefficient (Wildman–Crippen LogP) is 3.81. The maximum absolute atomic E-state index is 11.6. The third-order valence-electron chi connectivity index (χ3n) is 3.80. The molecule has 0 saturated carbocycles. The molecule has 1 aromatic rings. The van der Waals surface area contributed by atoms with Crippen molar-refractivity contribution in [2.45, 2.75) is 46.0 Å². The molecule has 0 heterocycles. The SMILES string of the molecule is CCCCC(CC)(Cc1cccc([N+](=O)[O-])c1)C(=O)O. The van der Waals surface area contributed by atoms with Crippen LogP contribution in [-0.4, -0.2) is 16.0 Å². The van der Waals surface area contributed by atoms with Crippen molar-refractivity contribution in [3.63, 3.8) is 0 Å². The molecule has 0 spiro atoms. The standard InChI is InChI=1S/C15H21NO4/c1-3-5-9-15(4-2,14(17)18)11-12-7-6-8-13(10-12)16(19)20/h6-8,10H,3-5,9,11H2,1-2H3,(H,17,18). The lowest BCUT2D eigenvalue weighted by Gasteiger charge is -2.28. The van der Waals surface area contributed by atoms with E-state index >= 15 is 0 Å². The van der Waals surface area contributed by atoms with Gasteiger partial charge in [-0.05, 0) is 24.8 Å². The molecule has 0 aliphatic heterocycles. The highest BCUT2D eigenvalue weighted by Crippen LogP contribution is 2.34. The van der Waals surface area contributed by atoms with Gasteiger partial charge in [0.2, 0.25) is 0 Å². The van der Waals surface area contributed by atoms with Crippen molar-refractivity contribution in [1.82, 2.24) is 0 Å². The van der Waals surface area contributed by atoms with Crippen molar-refractivity contribution in [3.8, 4) is 0 Å². The second-order valence-corrected chi connectivity index (χ2v) is 5.15. The number of carbonyl (C=O) groups is 1. The Morgan fingerprint density at radius 2 is 2.10 bits per heavy atom. The molecular formula is C15H21NO4. The van der Waals surface area contributed by atoms with Gasteiger partial charge in [0.05, 0.1) is 10.3 Å². The summed E-state index contributed by atoms with van der Waals surface area (Å²) in [6.45, 7) is 3.89. The van der Waals surface area contributed by atoms with Crippen molar-refractivity contribution in [1.29, 1.82) is 0 Å². The van der Waals surface area contributed by atoms with Crippen LogP contribution < -0.4 is 0 Å². The number of carboxylic acid groups (broad SMARTS) is 1. The molecule has 5 nitrogen and oxygen atoms in total. The van der Waals surface area contributed by atoms with Crippen molar-refractivity contribution in [3.05, 3.63) is 39.9 Å². The molecule has 1 N–H and O–H groups in total. The van der Waals surface area contributed by atoms with E-state index in [1.165, 1.54) is 12.1 Å². The highest BCUT2D eigenvalue weighted by molar-refractivity contribution is 5.75. The molecular weight excluding hydrogens is 258 g/mol. The van der Waals surface area contributed by atoms with Gasteiger partial charge < -0.3 is 5.11 Å². The summed E-state index contributed by atoms with van der Waals surface area (Å²) >= 11 is 0. The fraction of sp³-hybridized carbons (Fsp3) is 0.533. The Morgan fingerprint density at radius 1 is 1.40 bits per heavy atom. The van der Waals surface area contributed by atoms with Gasteiger partial charge in [-0.1, -0.05) is 38.8 Å². The van der Waals surface area contributed by atoms with E-state index in [9.17, 15) is 20.0 Å². The second-order valence-electron chi connectivity index (χ2n) is 5.15. The summed E-state index contributed by atoms with van der Waals surface area (Å²) in [6, 6.07) is 6.26. The van der Waals surface area contributed by atoms with Gasteiger partial charge in [0.15, 0.2) is 0 Å². The van der Waals surface area contributed by atoms with Crippen molar-refractivity contribution in [2.24, 2.45) is 5.41 Å². The highest BCUT2D eigenvalue weighted by Gasteiger charge is 2.36. The molecule has 0 aliphatic rings. The van der Waals surface area contributed by atoms with Gasteiger partial charge in [-0.15, -0.1) is 0 Å². The first-order valence-electron chi connectivity index (χ1n) is 6.92. The zero-order chi connectivity index (χ0) is 15.2. The number of nitro groups is 1. The van der Waals surface area contributed by atoms with Gasteiger partial charge in [-0.25, -0.2) is 0 Å². The number of rotatable bonds is 8. The number of nitrogens with zero attached hydrogens (tertiary/aromatic N) is 1. The summed E-state index contributed by atoms with van der Waals surface area (Å²) in [4.78, 5) is 22.0. The Bertz CT molecular complexity index is 487. The Kier molecular flexibility index (Phi) is 5.67. The minimum absolute atomic E-state index is 0.00776. The molecule has 0 bridgehead atoms. The number of carboxylic acids is 1. The van der Waals surface area contributed by atoms with E-state index in [0.717, 1.165) is 12.8 Å². The summed E-state index contributed by atoms with van der Waals surface area (Å²) < 4.78 is 0. The molecule has 1 aromatic carbocycles. The van der Waals surface area contributed by atoms with Crippen LogP contribution in [0.1, 0.15) is 45.1 Å². The zero-order valence-electron chi connectivity index (χ0n) is 12.0. The highest BCUT2D eigenvalue weighted by atomic mass is 16.6. The largest absolute Gasteiger partial charge is 0.481 e. The molecule has 1 atom stereocenters. The predicted molar refractivity (Wildman–Crippen MR) is 76.7 cm³/mol. The molecule has 1 unspecified atom stereocenters. The molecule has 0 saturated heterocycles. The Hall–Kier alpha value is -1.91. The fourth-order valence-corrected chi connectivity index (χ4v) is 2.41. The van der Waals surface area contributed by atoms with E-state index in [0.29, 0.717) is 24.8 Å². The monoisotopic (exact) mass is 279 g/mol. The van der Waals surface area contributed by atoms with E-state index in [1.807, 2.05) is 13.8 Å². The molecule has 1 rings (SSSR count). The average Bonchev–Trinajstić information content (AvgIpc) is 2.43. The van der Waals surface area contributed by atoms with Crippen LogP contribution in [-0.2, 0) is 11.2 Å². The quantitative estimate of drug-likeness (QED) is 0.579. The van der Waals surface area contributed by atoms with Crippen molar-refractivity contribution >= 4 is 11.7 Å². The second kappa shape index (κ2) is 7.03. The molecule has 0 fully saturated rings. The Balaban J connectivity index is 3.02. The Labute approximate surface area is 118 Å². The molecule has 20 heavy (non-hydrogen) atoms. The van der Waals surface area contributed by atoms with Crippen LogP contribution in [0.3, 0.4) is 0 Å². The van der Waals surface area contributed by atoms with E-state index < -0.39 is 16.3 Å². The number of aliphatic carboxylic acids is 1. The number of hydrogen-bond acceptors (Lipinski definition) is 3. The summed E-state index contributed by atoms with van der Waals surface area (Å²) in [5.74, 6) is -0.819. The molecule has 0 radical (unpaired) electrons. The van der Waals surface area contributed by atoms with Crippen LogP contribution in [0.4, 0.5) is 5.69 Å². The molecule has 110 valence electrons. The van der Waals surface area contributed by atoms with Crippen LogP contribution in [0.15, 0.2) is 24.3 Å². The van der Waals surface area contributed by atoms with Crippen LogP contribution in [0, 0.1) is 15.5 Å². The summed E-state index contributed by atoms with van der Waals surface area (Å²) in [6.07, 6.45) is 3.22. The lowest BCUT2D eigenvalue weighted by Crippen LogP contribution is -2.32. The number of nitro benzene ring substituents is 1. The lowest BCUT2D eigenvalue weighted by molar-refractivity contribution is -0.384. The first-order valence-corrected chi connectivity index (χ1v) is 6.92. The normalized spacial score (nSPS) is 13.7. The van der Waals surface area contributed by atoms with Gasteiger partial charge in [0.25, 0.3) is 5.69 Å². The minimum Gasteiger partial charge on any atom is -0.481 e.